The Morgan fingerprint density at radius 3 is 2.70 bits per heavy atom. The molecule has 1 saturated heterocycles. The minimum absolute atomic E-state index is 0.867. The van der Waals surface area contributed by atoms with E-state index in [1.54, 1.807) is 7.11 Å². The second-order valence-corrected chi connectivity index (χ2v) is 6.18. The minimum atomic E-state index is 0.867. The first-order valence-corrected chi connectivity index (χ1v) is 7.93. The molecule has 1 saturated carbocycles. The first kappa shape index (κ1) is 13.9. The maximum absolute atomic E-state index is 5.18. The predicted molar refractivity (Wildman–Crippen MR) is 82.3 cm³/mol. The summed E-state index contributed by atoms with van der Waals surface area (Å²) in [6, 6.07) is 9.34. The van der Waals surface area contributed by atoms with Crippen LogP contribution >= 0.6 is 0 Å². The van der Waals surface area contributed by atoms with E-state index in [0.717, 1.165) is 30.7 Å². The van der Waals surface area contributed by atoms with Gasteiger partial charge in [0.05, 0.1) is 7.11 Å². The fourth-order valence-corrected chi connectivity index (χ4v) is 3.13. The molecule has 0 aromatic heterocycles. The van der Waals surface area contributed by atoms with Gasteiger partial charge in [-0.2, -0.15) is 0 Å². The summed E-state index contributed by atoms with van der Waals surface area (Å²) in [4.78, 5) is 2.69. The van der Waals surface area contributed by atoms with Gasteiger partial charge in [0, 0.05) is 12.6 Å². The lowest BCUT2D eigenvalue weighted by molar-refractivity contribution is 0.312. The first-order chi connectivity index (χ1) is 9.85. The Bertz CT molecular complexity index is 414. The molecule has 0 bridgehead atoms. The zero-order valence-corrected chi connectivity index (χ0v) is 12.5. The molecule has 1 aliphatic carbocycles. The molecule has 1 heterocycles. The summed E-state index contributed by atoms with van der Waals surface area (Å²) in [5.74, 6) is 1.80. The maximum atomic E-state index is 5.18. The van der Waals surface area contributed by atoms with Gasteiger partial charge >= 0.3 is 0 Å². The highest BCUT2D eigenvalue weighted by Gasteiger charge is 2.33. The van der Waals surface area contributed by atoms with Crippen LogP contribution in [-0.4, -0.2) is 44.2 Å². The highest BCUT2D eigenvalue weighted by atomic mass is 16.5. The maximum Gasteiger partial charge on any atom is 0.118 e. The predicted octanol–water partition coefficient (Wildman–Crippen LogP) is 2.31. The number of nitrogens with one attached hydrogen (secondary N) is 1. The highest BCUT2D eigenvalue weighted by molar-refractivity contribution is 5.27. The van der Waals surface area contributed by atoms with E-state index in [0.29, 0.717) is 0 Å². The molecule has 3 rings (SSSR count). The molecule has 1 aromatic carbocycles. The summed E-state index contributed by atoms with van der Waals surface area (Å²) in [6.45, 7) is 4.90. The van der Waals surface area contributed by atoms with E-state index in [9.17, 15) is 0 Å². The molecule has 3 heteroatoms. The SMILES string of the molecule is COc1ccc(CCNCC2CCN(C3CC3)C2)cc1. The Morgan fingerprint density at radius 1 is 1.20 bits per heavy atom. The molecule has 0 spiro atoms. The van der Waals surface area contributed by atoms with Crippen molar-refractivity contribution in [3.63, 3.8) is 0 Å². The summed E-state index contributed by atoms with van der Waals surface area (Å²) in [7, 11) is 1.71. The normalized spacial score (nSPS) is 23.1. The minimum Gasteiger partial charge on any atom is -0.497 e. The lowest BCUT2D eigenvalue weighted by Crippen LogP contribution is -2.28. The van der Waals surface area contributed by atoms with Crippen LogP contribution in [0.3, 0.4) is 0 Å². The van der Waals surface area contributed by atoms with Gasteiger partial charge in [0.2, 0.25) is 0 Å². The molecule has 1 N–H and O–H groups in total. The molecule has 1 atom stereocenters. The summed E-state index contributed by atoms with van der Waals surface area (Å²) >= 11 is 0. The van der Waals surface area contributed by atoms with Crippen molar-refractivity contribution in [1.82, 2.24) is 10.2 Å². The number of likely N-dealkylation sites (tertiary alicyclic amines) is 1. The Kier molecular flexibility index (Phi) is 4.58. The van der Waals surface area contributed by atoms with Crippen molar-refractivity contribution in [1.29, 1.82) is 0 Å². The van der Waals surface area contributed by atoms with Crippen LogP contribution in [0, 0.1) is 5.92 Å². The van der Waals surface area contributed by atoms with Crippen LogP contribution < -0.4 is 10.1 Å². The van der Waals surface area contributed by atoms with Gasteiger partial charge < -0.3 is 15.0 Å². The van der Waals surface area contributed by atoms with Crippen molar-refractivity contribution < 1.29 is 4.74 Å². The average Bonchev–Trinajstić information content (AvgIpc) is 3.24. The largest absolute Gasteiger partial charge is 0.497 e. The Hall–Kier alpha value is -1.06. The van der Waals surface area contributed by atoms with Crippen LogP contribution in [-0.2, 0) is 6.42 Å². The monoisotopic (exact) mass is 274 g/mol. The van der Waals surface area contributed by atoms with Crippen molar-refractivity contribution in [2.24, 2.45) is 5.92 Å². The van der Waals surface area contributed by atoms with Crippen molar-refractivity contribution >= 4 is 0 Å². The number of rotatable bonds is 7. The lowest BCUT2D eigenvalue weighted by atomic mass is 10.1. The third kappa shape index (κ3) is 3.74. The van der Waals surface area contributed by atoms with E-state index in [1.165, 1.54) is 44.5 Å². The lowest BCUT2D eigenvalue weighted by Gasteiger charge is -2.15. The van der Waals surface area contributed by atoms with Crippen LogP contribution in [0.2, 0.25) is 0 Å². The second-order valence-electron chi connectivity index (χ2n) is 6.18. The molecule has 20 heavy (non-hydrogen) atoms. The number of nitrogens with zero attached hydrogens (tertiary/aromatic N) is 1. The number of benzene rings is 1. The molecule has 2 aliphatic rings. The van der Waals surface area contributed by atoms with Crippen LogP contribution in [0.15, 0.2) is 24.3 Å². The molecule has 1 unspecified atom stereocenters. The second kappa shape index (κ2) is 6.59. The summed E-state index contributed by atoms with van der Waals surface area (Å²) in [6.07, 6.45) is 5.37. The zero-order chi connectivity index (χ0) is 13.8. The van der Waals surface area contributed by atoms with E-state index in [4.69, 9.17) is 4.74 Å². The number of hydrogen-bond donors (Lipinski definition) is 1. The van der Waals surface area contributed by atoms with Gasteiger partial charge in [-0.15, -0.1) is 0 Å². The fraction of sp³-hybridized carbons (Fsp3) is 0.647. The van der Waals surface area contributed by atoms with Gasteiger partial charge in [-0.3, -0.25) is 0 Å². The molecule has 0 radical (unpaired) electrons. The Labute approximate surface area is 122 Å². The van der Waals surface area contributed by atoms with E-state index < -0.39 is 0 Å². The molecule has 3 nitrogen and oxygen atoms in total. The van der Waals surface area contributed by atoms with Gasteiger partial charge in [-0.1, -0.05) is 12.1 Å². The van der Waals surface area contributed by atoms with E-state index in [2.05, 4.69) is 22.3 Å². The summed E-state index contributed by atoms with van der Waals surface area (Å²) < 4.78 is 5.18. The van der Waals surface area contributed by atoms with Crippen LogP contribution in [0.4, 0.5) is 0 Å². The van der Waals surface area contributed by atoms with E-state index in [-0.39, 0.29) is 0 Å². The molecular weight excluding hydrogens is 248 g/mol. The molecule has 2 fully saturated rings. The summed E-state index contributed by atoms with van der Waals surface area (Å²) in [5, 5.41) is 3.63. The molecule has 1 aromatic rings. The van der Waals surface area contributed by atoms with Crippen molar-refractivity contribution in [3.8, 4) is 5.75 Å². The van der Waals surface area contributed by atoms with Crippen molar-refractivity contribution in [3.05, 3.63) is 29.8 Å². The zero-order valence-electron chi connectivity index (χ0n) is 12.5. The van der Waals surface area contributed by atoms with Crippen LogP contribution in [0.25, 0.3) is 0 Å². The van der Waals surface area contributed by atoms with Gasteiger partial charge in [-0.05, 0) is 68.9 Å². The standard InChI is InChI=1S/C17H26N2O/c1-20-17-6-2-14(3-7-17)8-10-18-12-15-9-11-19(13-15)16-4-5-16/h2-3,6-7,15-16,18H,4-5,8-13H2,1H3. The van der Waals surface area contributed by atoms with Crippen LogP contribution in [0.5, 0.6) is 5.75 Å². The van der Waals surface area contributed by atoms with Gasteiger partial charge in [0.15, 0.2) is 0 Å². The van der Waals surface area contributed by atoms with Crippen molar-refractivity contribution in [2.75, 3.05) is 33.3 Å². The van der Waals surface area contributed by atoms with E-state index >= 15 is 0 Å². The third-order valence-corrected chi connectivity index (χ3v) is 4.56. The quantitative estimate of drug-likeness (QED) is 0.772. The van der Waals surface area contributed by atoms with Gasteiger partial charge in [0.1, 0.15) is 5.75 Å². The number of hydrogen-bond acceptors (Lipinski definition) is 3. The molecule has 1 aliphatic heterocycles. The molecule has 0 amide bonds. The highest BCUT2D eigenvalue weighted by Crippen LogP contribution is 2.31. The first-order valence-electron chi connectivity index (χ1n) is 7.93. The van der Waals surface area contributed by atoms with Crippen LogP contribution in [0.1, 0.15) is 24.8 Å². The molecule has 110 valence electrons. The molecular formula is C17H26N2O. The van der Waals surface area contributed by atoms with Gasteiger partial charge in [0.25, 0.3) is 0 Å². The Morgan fingerprint density at radius 2 is 2.00 bits per heavy atom. The van der Waals surface area contributed by atoms with E-state index in [1.807, 2.05) is 12.1 Å². The fourth-order valence-electron chi connectivity index (χ4n) is 3.13. The third-order valence-electron chi connectivity index (χ3n) is 4.56. The number of methoxy groups -OCH3 is 1. The smallest absolute Gasteiger partial charge is 0.118 e. The van der Waals surface area contributed by atoms with Crippen molar-refractivity contribution in [2.45, 2.75) is 31.7 Å². The number of ether oxygens (including phenoxy) is 1. The topological polar surface area (TPSA) is 24.5 Å². The Balaban J connectivity index is 1.31. The summed E-state index contributed by atoms with van der Waals surface area (Å²) in [5.41, 5.74) is 1.38. The average molecular weight is 274 g/mol. The van der Waals surface area contributed by atoms with Gasteiger partial charge in [-0.25, -0.2) is 0 Å².